The maximum absolute atomic E-state index is 13.9. The molecule has 0 atom stereocenters. The first kappa shape index (κ1) is 21.0. The minimum absolute atomic E-state index is 0.125. The lowest BCUT2D eigenvalue weighted by Gasteiger charge is -2.34. The van der Waals surface area contributed by atoms with E-state index in [4.69, 9.17) is 4.74 Å². The van der Waals surface area contributed by atoms with Gasteiger partial charge in [0.15, 0.2) is 0 Å². The van der Waals surface area contributed by atoms with Crippen LogP contribution in [0.2, 0.25) is 0 Å². The number of nitrogens with zero attached hydrogens (tertiary/aromatic N) is 2. The number of aromatic nitrogens is 1. The first-order valence-corrected chi connectivity index (χ1v) is 9.93. The molecule has 2 heterocycles. The summed E-state index contributed by atoms with van der Waals surface area (Å²) in [5.41, 5.74) is 2.78. The number of hydrogen-bond donors (Lipinski definition) is 1. The molecule has 0 bridgehead atoms. The number of esters is 1. The predicted octanol–water partition coefficient (Wildman–Crippen LogP) is 3.29. The quantitative estimate of drug-likeness (QED) is 0.781. The Morgan fingerprint density at radius 3 is 2.41 bits per heavy atom. The van der Waals surface area contributed by atoms with Crippen molar-refractivity contribution in [3.05, 3.63) is 58.2 Å². The highest BCUT2D eigenvalue weighted by atomic mass is 19.1. The summed E-state index contributed by atoms with van der Waals surface area (Å²) in [6.45, 7) is 10.1. The van der Waals surface area contributed by atoms with Gasteiger partial charge in [-0.1, -0.05) is 18.2 Å². The van der Waals surface area contributed by atoms with Crippen molar-refractivity contribution < 1.29 is 18.7 Å². The molecule has 0 unspecified atom stereocenters. The SMILES string of the molecule is Cc1[nH]c(C(=O)N2CCN(Cc3ccccc3F)CC2)c(C)c1C(=O)OC(C)C. The third-order valence-corrected chi connectivity index (χ3v) is 5.21. The van der Waals surface area contributed by atoms with Gasteiger partial charge in [-0.3, -0.25) is 9.69 Å². The Morgan fingerprint density at radius 1 is 1.14 bits per heavy atom. The highest BCUT2D eigenvalue weighted by molar-refractivity contribution is 6.00. The van der Waals surface area contributed by atoms with Gasteiger partial charge in [-0.2, -0.15) is 0 Å². The molecule has 6 nitrogen and oxygen atoms in total. The van der Waals surface area contributed by atoms with Crippen LogP contribution in [0.1, 0.15) is 51.5 Å². The molecule has 1 aliphatic rings. The molecule has 2 aromatic rings. The van der Waals surface area contributed by atoms with E-state index in [0.717, 1.165) is 0 Å². The fraction of sp³-hybridized carbons (Fsp3) is 0.455. The summed E-state index contributed by atoms with van der Waals surface area (Å²) in [6.07, 6.45) is -0.224. The Labute approximate surface area is 170 Å². The molecule has 1 amide bonds. The van der Waals surface area contributed by atoms with Crippen molar-refractivity contribution in [2.45, 2.75) is 40.3 Å². The molecule has 1 aliphatic heterocycles. The summed E-state index contributed by atoms with van der Waals surface area (Å²) >= 11 is 0. The number of benzene rings is 1. The molecule has 1 saturated heterocycles. The van der Waals surface area contributed by atoms with Gasteiger partial charge in [0.25, 0.3) is 5.91 Å². The number of amides is 1. The van der Waals surface area contributed by atoms with Gasteiger partial charge in [0.1, 0.15) is 11.5 Å². The summed E-state index contributed by atoms with van der Waals surface area (Å²) < 4.78 is 19.2. The van der Waals surface area contributed by atoms with E-state index in [1.54, 1.807) is 44.7 Å². The fourth-order valence-corrected chi connectivity index (χ4v) is 3.68. The lowest BCUT2D eigenvalue weighted by atomic mass is 10.1. The zero-order valence-electron chi connectivity index (χ0n) is 17.4. The first-order valence-electron chi connectivity index (χ1n) is 9.93. The summed E-state index contributed by atoms with van der Waals surface area (Å²) in [7, 11) is 0. The topological polar surface area (TPSA) is 65.6 Å². The number of hydrogen-bond acceptors (Lipinski definition) is 4. The van der Waals surface area contributed by atoms with Crippen molar-refractivity contribution in [3.63, 3.8) is 0 Å². The highest BCUT2D eigenvalue weighted by Crippen LogP contribution is 2.22. The molecule has 1 aromatic heterocycles. The average Bonchev–Trinajstić information content (AvgIpc) is 2.97. The molecule has 29 heavy (non-hydrogen) atoms. The van der Waals surface area contributed by atoms with Crippen molar-refractivity contribution >= 4 is 11.9 Å². The molecular weight excluding hydrogens is 373 g/mol. The minimum atomic E-state index is -0.417. The third kappa shape index (κ3) is 4.67. The van der Waals surface area contributed by atoms with Crippen LogP contribution in [0, 0.1) is 19.7 Å². The molecular formula is C22H28FN3O3. The summed E-state index contributed by atoms with van der Waals surface area (Å²) in [6, 6.07) is 6.76. The summed E-state index contributed by atoms with van der Waals surface area (Å²) in [4.78, 5) is 32.3. The zero-order valence-corrected chi connectivity index (χ0v) is 17.4. The van der Waals surface area contributed by atoms with Gasteiger partial charge >= 0.3 is 5.97 Å². The molecule has 1 aromatic carbocycles. The molecule has 1 N–H and O–H groups in total. The monoisotopic (exact) mass is 401 g/mol. The molecule has 0 spiro atoms. The van der Waals surface area contributed by atoms with Gasteiger partial charge in [0, 0.05) is 44.0 Å². The molecule has 156 valence electrons. The van der Waals surface area contributed by atoms with E-state index in [9.17, 15) is 14.0 Å². The molecule has 0 radical (unpaired) electrons. The van der Waals surface area contributed by atoms with Crippen molar-refractivity contribution in [1.29, 1.82) is 0 Å². The van der Waals surface area contributed by atoms with Crippen LogP contribution in [0.15, 0.2) is 24.3 Å². The number of halogens is 1. The Hall–Kier alpha value is -2.67. The van der Waals surface area contributed by atoms with Crippen LogP contribution in [0.25, 0.3) is 0 Å². The smallest absolute Gasteiger partial charge is 0.340 e. The van der Waals surface area contributed by atoms with Gasteiger partial charge in [0.05, 0.1) is 11.7 Å². The number of H-pyrrole nitrogens is 1. The van der Waals surface area contributed by atoms with Crippen LogP contribution in [0.5, 0.6) is 0 Å². The summed E-state index contributed by atoms with van der Waals surface area (Å²) in [5, 5.41) is 0. The van der Waals surface area contributed by atoms with Crippen LogP contribution in [0.4, 0.5) is 4.39 Å². The number of carbonyl (C=O) groups excluding carboxylic acids is 2. The Balaban J connectivity index is 1.65. The van der Waals surface area contributed by atoms with Crippen molar-refractivity contribution in [3.8, 4) is 0 Å². The summed E-state index contributed by atoms with van der Waals surface area (Å²) in [5.74, 6) is -0.746. The molecule has 1 fully saturated rings. The average molecular weight is 401 g/mol. The van der Waals surface area contributed by atoms with E-state index in [0.29, 0.717) is 60.8 Å². The van der Waals surface area contributed by atoms with E-state index in [2.05, 4.69) is 9.88 Å². The number of carbonyl (C=O) groups is 2. The van der Waals surface area contributed by atoms with Gasteiger partial charge in [-0.25, -0.2) is 9.18 Å². The van der Waals surface area contributed by atoms with Crippen LogP contribution < -0.4 is 0 Å². The third-order valence-electron chi connectivity index (χ3n) is 5.21. The van der Waals surface area contributed by atoms with Crippen LogP contribution in [0.3, 0.4) is 0 Å². The van der Waals surface area contributed by atoms with E-state index in [-0.39, 0.29) is 17.8 Å². The van der Waals surface area contributed by atoms with Crippen molar-refractivity contribution in [2.75, 3.05) is 26.2 Å². The van der Waals surface area contributed by atoms with Gasteiger partial charge in [-0.05, 0) is 39.3 Å². The van der Waals surface area contributed by atoms with Crippen molar-refractivity contribution in [1.82, 2.24) is 14.8 Å². The lowest BCUT2D eigenvalue weighted by Crippen LogP contribution is -2.48. The number of nitrogens with one attached hydrogen (secondary N) is 1. The van der Waals surface area contributed by atoms with E-state index < -0.39 is 5.97 Å². The second-order valence-corrected chi connectivity index (χ2v) is 7.74. The molecule has 0 saturated carbocycles. The molecule has 7 heteroatoms. The van der Waals surface area contributed by atoms with Gasteiger partial charge in [0.2, 0.25) is 0 Å². The first-order chi connectivity index (χ1) is 13.8. The molecule has 3 rings (SSSR count). The number of aromatic amines is 1. The Bertz CT molecular complexity index is 899. The lowest BCUT2D eigenvalue weighted by molar-refractivity contribution is 0.0376. The van der Waals surface area contributed by atoms with E-state index in [1.165, 1.54) is 6.07 Å². The van der Waals surface area contributed by atoms with Gasteiger partial charge in [-0.15, -0.1) is 0 Å². The maximum Gasteiger partial charge on any atom is 0.340 e. The fourth-order valence-electron chi connectivity index (χ4n) is 3.68. The van der Waals surface area contributed by atoms with E-state index >= 15 is 0 Å². The van der Waals surface area contributed by atoms with Crippen LogP contribution in [-0.4, -0.2) is 58.9 Å². The predicted molar refractivity (Wildman–Crippen MR) is 108 cm³/mol. The number of rotatable bonds is 5. The standard InChI is InChI=1S/C22H28FN3O3/c1-14(2)29-22(28)19-15(3)20(24-16(19)4)21(27)26-11-9-25(10-12-26)13-17-7-5-6-8-18(17)23/h5-8,14,24H,9-13H2,1-4H3. The van der Waals surface area contributed by atoms with Crippen molar-refractivity contribution in [2.24, 2.45) is 0 Å². The van der Waals surface area contributed by atoms with Crippen LogP contribution in [-0.2, 0) is 11.3 Å². The normalized spacial score (nSPS) is 15.0. The Morgan fingerprint density at radius 2 is 1.79 bits per heavy atom. The number of ether oxygens (including phenoxy) is 1. The molecule has 0 aliphatic carbocycles. The minimum Gasteiger partial charge on any atom is -0.459 e. The highest BCUT2D eigenvalue weighted by Gasteiger charge is 2.28. The maximum atomic E-state index is 13.9. The second kappa shape index (κ2) is 8.78. The largest absolute Gasteiger partial charge is 0.459 e. The van der Waals surface area contributed by atoms with Gasteiger partial charge < -0.3 is 14.6 Å². The second-order valence-electron chi connectivity index (χ2n) is 7.74. The van der Waals surface area contributed by atoms with Crippen LogP contribution >= 0.6 is 0 Å². The number of aryl methyl sites for hydroxylation is 1. The zero-order chi connectivity index (χ0) is 21.1. The van der Waals surface area contributed by atoms with E-state index in [1.807, 2.05) is 6.07 Å². The number of piperazine rings is 1. The Kier molecular flexibility index (Phi) is 6.37.